The Hall–Kier alpha value is -2.27. The van der Waals surface area contributed by atoms with Gasteiger partial charge in [0.15, 0.2) is 5.96 Å². The first-order valence-electron chi connectivity index (χ1n) is 8.08. The number of aliphatic imine (C=N–C) groups is 1. The average molecular weight is 488 g/mol. The maximum Gasteiger partial charge on any atom is 0.269 e. The molecule has 0 amide bonds. The molecule has 0 aliphatic heterocycles. The fourth-order valence-electron chi connectivity index (χ4n) is 2.16. The van der Waals surface area contributed by atoms with Crippen molar-refractivity contribution in [2.24, 2.45) is 4.99 Å². The minimum Gasteiger partial charge on any atom is -0.383 e. The first-order chi connectivity index (χ1) is 12.6. The van der Waals surface area contributed by atoms with Crippen LogP contribution in [0.2, 0.25) is 0 Å². The van der Waals surface area contributed by atoms with Gasteiger partial charge in [-0.2, -0.15) is 0 Å². The molecule has 0 aliphatic rings. The molecule has 0 radical (unpaired) electrons. The highest BCUT2D eigenvalue weighted by Crippen LogP contribution is 2.12. The molecule has 2 N–H and O–H groups in total. The van der Waals surface area contributed by atoms with E-state index in [0.29, 0.717) is 31.2 Å². The minimum absolute atomic E-state index is 0. The van der Waals surface area contributed by atoms with Crippen molar-refractivity contribution in [3.05, 3.63) is 75.6 Å². The van der Waals surface area contributed by atoms with Gasteiger partial charge in [0.25, 0.3) is 5.69 Å². The number of halogens is 2. The molecule has 0 fully saturated rings. The van der Waals surface area contributed by atoms with Crippen LogP contribution >= 0.6 is 24.0 Å². The summed E-state index contributed by atoms with van der Waals surface area (Å²) in [6.45, 7) is 1.65. The number of benzene rings is 2. The van der Waals surface area contributed by atoms with Crippen molar-refractivity contribution >= 4 is 35.6 Å². The predicted octanol–water partition coefficient (Wildman–Crippen LogP) is 3.23. The van der Waals surface area contributed by atoms with Gasteiger partial charge in [0, 0.05) is 37.9 Å². The summed E-state index contributed by atoms with van der Waals surface area (Å²) in [7, 11) is 1.60. The smallest absolute Gasteiger partial charge is 0.269 e. The van der Waals surface area contributed by atoms with Gasteiger partial charge in [0.05, 0.1) is 18.1 Å². The summed E-state index contributed by atoms with van der Waals surface area (Å²) in [4.78, 5) is 14.7. The lowest BCUT2D eigenvalue weighted by atomic mass is 10.2. The van der Waals surface area contributed by atoms with Gasteiger partial charge < -0.3 is 15.4 Å². The Kier molecular flexibility index (Phi) is 10.3. The number of ether oxygens (including phenoxy) is 1. The van der Waals surface area contributed by atoms with E-state index >= 15 is 0 Å². The van der Waals surface area contributed by atoms with Crippen molar-refractivity contribution in [2.75, 3.05) is 20.3 Å². The SMILES string of the molecule is COCCNC(=NCc1ccc([N+](=O)[O-])cc1)NCc1ccccc1F.I. The summed E-state index contributed by atoms with van der Waals surface area (Å²) in [6, 6.07) is 12.7. The van der Waals surface area contributed by atoms with Crippen molar-refractivity contribution in [3.63, 3.8) is 0 Å². The van der Waals surface area contributed by atoms with E-state index in [1.54, 1.807) is 37.4 Å². The van der Waals surface area contributed by atoms with Crippen LogP contribution < -0.4 is 10.6 Å². The summed E-state index contributed by atoms with van der Waals surface area (Å²) in [5.41, 5.74) is 1.40. The third kappa shape index (κ3) is 7.87. The largest absolute Gasteiger partial charge is 0.383 e. The number of methoxy groups -OCH3 is 1. The van der Waals surface area contributed by atoms with Crippen LogP contribution in [0.25, 0.3) is 0 Å². The molecule has 146 valence electrons. The molecule has 0 aliphatic carbocycles. The van der Waals surface area contributed by atoms with Gasteiger partial charge in [0.2, 0.25) is 0 Å². The lowest BCUT2D eigenvalue weighted by molar-refractivity contribution is -0.384. The molecule has 0 atom stereocenters. The maximum absolute atomic E-state index is 13.7. The molecule has 2 rings (SSSR count). The number of hydrogen-bond donors (Lipinski definition) is 2. The molecular weight excluding hydrogens is 466 g/mol. The second-order valence-electron chi connectivity index (χ2n) is 5.45. The van der Waals surface area contributed by atoms with E-state index in [1.165, 1.54) is 18.2 Å². The Labute approximate surface area is 174 Å². The summed E-state index contributed by atoms with van der Waals surface area (Å²) < 4.78 is 18.7. The van der Waals surface area contributed by atoms with Crippen LogP contribution in [0.5, 0.6) is 0 Å². The van der Waals surface area contributed by atoms with E-state index < -0.39 is 4.92 Å². The second kappa shape index (κ2) is 12.2. The van der Waals surface area contributed by atoms with E-state index in [2.05, 4.69) is 15.6 Å². The van der Waals surface area contributed by atoms with Crippen LogP contribution in [-0.2, 0) is 17.8 Å². The van der Waals surface area contributed by atoms with Crippen LogP contribution in [-0.4, -0.2) is 31.1 Å². The zero-order valence-electron chi connectivity index (χ0n) is 14.9. The van der Waals surface area contributed by atoms with E-state index in [0.717, 1.165) is 5.56 Å². The Morgan fingerprint density at radius 2 is 1.89 bits per heavy atom. The summed E-state index contributed by atoms with van der Waals surface area (Å²) in [5, 5.41) is 16.9. The van der Waals surface area contributed by atoms with Crippen molar-refractivity contribution in [3.8, 4) is 0 Å². The number of rotatable bonds is 8. The molecule has 9 heteroatoms. The fourth-order valence-corrected chi connectivity index (χ4v) is 2.16. The van der Waals surface area contributed by atoms with Gasteiger partial charge in [-0.15, -0.1) is 24.0 Å². The third-order valence-corrected chi connectivity index (χ3v) is 3.57. The van der Waals surface area contributed by atoms with Gasteiger partial charge in [-0.05, 0) is 11.6 Å². The Balaban J connectivity index is 0.00000364. The van der Waals surface area contributed by atoms with Crippen molar-refractivity contribution in [1.82, 2.24) is 10.6 Å². The van der Waals surface area contributed by atoms with Crippen molar-refractivity contribution in [1.29, 1.82) is 0 Å². The Bertz CT molecular complexity index is 757. The molecule has 0 heterocycles. The third-order valence-electron chi connectivity index (χ3n) is 3.57. The monoisotopic (exact) mass is 488 g/mol. The molecule has 7 nitrogen and oxygen atoms in total. The summed E-state index contributed by atoms with van der Waals surface area (Å²) in [5.74, 6) is 0.218. The summed E-state index contributed by atoms with van der Waals surface area (Å²) in [6.07, 6.45) is 0. The van der Waals surface area contributed by atoms with Gasteiger partial charge in [-0.25, -0.2) is 9.38 Å². The number of non-ortho nitro benzene ring substituents is 1. The lowest BCUT2D eigenvalue weighted by Gasteiger charge is -2.13. The quantitative estimate of drug-likeness (QED) is 0.149. The van der Waals surface area contributed by atoms with Crippen molar-refractivity contribution in [2.45, 2.75) is 13.1 Å². The van der Waals surface area contributed by atoms with Crippen LogP contribution in [0.3, 0.4) is 0 Å². The number of nitrogens with one attached hydrogen (secondary N) is 2. The number of nitro groups is 1. The first kappa shape index (κ1) is 22.8. The van der Waals surface area contributed by atoms with E-state index in [4.69, 9.17) is 4.74 Å². The summed E-state index contributed by atoms with van der Waals surface area (Å²) >= 11 is 0. The highest BCUT2D eigenvalue weighted by Gasteiger charge is 2.05. The second-order valence-corrected chi connectivity index (χ2v) is 5.45. The molecule has 0 saturated heterocycles. The number of guanidine groups is 1. The van der Waals surface area contributed by atoms with Crippen LogP contribution in [0.4, 0.5) is 10.1 Å². The van der Waals surface area contributed by atoms with Crippen LogP contribution in [0, 0.1) is 15.9 Å². The minimum atomic E-state index is -0.444. The first-order valence-corrected chi connectivity index (χ1v) is 8.08. The standard InChI is InChI=1S/C18H21FN4O3.HI/c1-26-11-10-20-18(22-13-15-4-2-3-5-17(15)19)21-12-14-6-8-16(9-7-14)23(24)25;/h2-9H,10-13H2,1H3,(H2,20,21,22);1H. The molecule has 27 heavy (non-hydrogen) atoms. The Morgan fingerprint density at radius 1 is 1.19 bits per heavy atom. The molecular formula is C18H22FIN4O3. The van der Waals surface area contributed by atoms with E-state index in [9.17, 15) is 14.5 Å². The van der Waals surface area contributed by atoms with E-state index in [1.807, 2.05) is 0 Å². The van der Waals surface area contributed by atoms with E-state index in [-0.39, 0.29) is 42.0 Å². The topological polar surface area (TPSA) is 88.8 Å². The van der Waals surface area contributed by atoms with Gasteiger partial charge in [-0.1, -0.05) is 30.3 Å². The lowest BCUT2D eigenvalue weighted by Crippen LogP contribution is -2.38. The highest BCUT2D eigenvalue weighted by molar-refractivity contribution is 14.0. The zero-order chi connectivity index (χ0) is 18.8. The van der Waals surface area contributed by atoms with Gasteiger partial charge >= 0.3 is 0 Å². The molecule has 0 aromatic heterocycles. The Morgan fingerprint density at radius 3 is 2.52 bits per heavy atom. The van der Waals surface area contributed by atoms with Crippen LogP contribution in [0.1, 0.15) is 11.1 Å². The maximum atomic E-state index is 13.7. The van der Waals surface area contributed by atoms with Gasteiger partial charge in [0.1, 0.15) is 5.82 Å². The predicted molar refractivity (Wildman–Crippen MR) is 113 cm³/mol. The highest BCUT2D eigenvalue weighted by atomic mass is 127. The molecule has 0 unspecified atom stereocenters. The molecule has 2 aromatic rings. The fraction of sp³-hybridized carbons (Fsp3) is 0.278. The zero-order valence-corrected chi connectivity index (χ0v) is 17.2. The average Bonchev–Trinajstić information content (AvgIpc) is 2.65. The molecule has 0 spiro atoms. The number of nitro benzene ring substituents is 1. The van der Waals surface area contributed by atoms with Crippen molar-refractivity contribution < 1.29 is 14.1 Å². The van der Waals surface area contributed by atoms with Gasteiger partial charge in [-0.3, -0.25) is 10.1 Å². The van der Waals surface area contributed by atoms with Crippen LogP contribution in [0.15, 0.2) is 53.5 Å². The number of nitrogens with zero attached hydrogens (tertiary/aromatic N) is 2. The molecule has 0 bridgehead atoms. The molecule has 0 saturated carbocycles. The number of hydrogen-bond acceptors (Lipinski definition) is 4. The molecule has 2 aromatic carbocycles. The normalized spacial score (nSPS) is 10.8.